The van der Waals surface area contributed by atoms with Gasteiger partial charge in [-0.1, -0.05) is 6.42 Å². The Balaban J connectivity index is 1.87. The van der Waals surface area contributed by atoms with E-state index in [1.54, 1.807) is 0 Å². The third-order valence-corrected chi connectivity index (χ3v) is 2.60. The summed E-state index contributed by atoms with van der Waals surface area (Å²) in [4.78, 5) is 2.33. The predicted molar refractivity (Wildman–Crippen MR) is 55.2 cm³/mol. The number of halogens is 3. The molecule has 16 heavy (non-hydrogen) atoms. The molecular weight excluding hydrogens is 221 g/mol. The summed E-state index contributed by atoms with van der Waals surface area (Å²) >= 11 is 0. The van der Waals surface area contributed by atoms with Crippen molar-refractivity contribution in [2.75, 3.05) is 39.3 Å². The number of hydrogen-bond donors (Lipinski definition) is 1. The molecule has 1 N–H and O–H groups in total. The summed E-state index contributed by atoms with van der Waals surface area (Å²) in [6.45, 7) is 3.78. The Bertz CT molecular complexity index is 181. The van der Waals surface area contributed by atoms with E-state index in [9.17, 15) is 13.2 Å². The van der Waals surface area contributed by atoms with E-state index in [-0.39, 0.29) is 13.2 Å². The van der Waals surface area contributed by atoms with Crippen LogP contribution in [0.4, 0.5) is 13.2 Å². The standard InChI is InChI=1S/C10H19F3N2O/c11-10(12,13)16-9-5-14-4-8-15-6-2-1-3-7-15/h14H,1-9H2. The molecule has 1 aliphatic heterocycles. The van der Waals surface area contributed by atoms with E-state index in [1.807, 2.05) is 0 Å². The fourth-order valence-electron chi connectivity index (χ4n) is 1.78. The van der Waals surface area contributed by atoms with Crippen molar-refractivity contribution in [2.24, 2.45) is 0 Å². The number of alkyl halides is 3. The van der Waals surface area contributed by atoms with Crippen LogP contribution in [0.2, 0.25) is 0 Å². The van der Waals surface area contributed by atoms with Crippen molar-refractivity contribution >= 4 is 0 Å². The zero-order valence-electron chi connectivity index (χ0n) is 9.35. The summed E-state index contributed by atoms with van der Waals surface area (Å²) in [5.74, 6) is 0. The van der Waals surface area contributed by atoms with E-state index in [4.69, 9.17) is 0 Å². The molecule has 6 heteroatoms. The van der Waals surface area contributed by atoms with Crippen LogP contribution in [0.1, 0.15) is 19.3 Å². The van der Waals surface area contributed by atoms with Crippen LogP contribution in [0.25, 0.3) is 0 Å². The van der Waals surface area contributed by atoms with Gasteiger partial charge in [0.15, 0.2) is 0 Å². The lowest BCUT2D eigenvalue weighted by Crippen LogP contribution is -2.36. The zero-order chi connectivity index (χ0) is 11.9. The molecule has 1 heterocycles. The zero-order valence-corrected chi connectivity index (χ0v) is 9.35. The maximum absolute atomic E-state index is 11.6. The van der Waals surface area contributed by atoms with Gasteiger partial charge in [-0.2, -0.15) is 0 Å². The van der Waals surface area contributed by atoms with Crippen LogP contribution >= 0.6 is 0 Å². The molecule has 0 aromatic heterocycles. The van der Waals surface area contributed by atoms with Gasteiger partial charge in [0.2, 0.25) is 0 Å². The van der Waals surface area contributed by atoms with Crippen LogP contribution in [0, 0.1) is 0 Å². The van der Waals surface area contributed by atoms with Gasteiger partial charge >= 0.3 is 6.36 Å². The van der Waals surface area contributed by atoms with Crippen molar-refractivity contribution in [3.63, 3.8) is 0 Å². The lowest BCUT2D eigenvalue weighted by molar-refractivity contribution is -0.323. The van der Waals surface area contributed by atoms with Gasteiger partial charge in [0.05, 0.1) is 6.61 Å². The summed E-state index contributed by atoms with van der Waals surface area (Å²) in [7, 11) is 0. The maximum atomic E-state index is 11.6. The number of rotatable bonds is 6. The first-order valence-electron chi connectivity index (χ1n) is 5.72. The minimum Gasteiger partial charge on any atom is -0.313 e. The lowest BCUT2D eigenvalue weighted by atomic mass is 10.1. The van der Waals surface area contributed by atoms with Gasteiger partial charge in [0.25, 0.3) is 0 Å². The van der Waals surface area contributed by atoms with Crippen LogP contribution in [-0.4, -0.2) is 50.6 Å². The summed E-state index contributed by atoms with van der Waals surface area (Å²) < 4.78 is 38.4. The highest BCUT2D eigenvalue weighted by Gasteiger charge is 2.28. The first kappa shape index (κ1) is 13.7. The second-order valence-electron chi connectivity index (χ2n) is 3.95. The van der Waals surface area contributed by atoms with Crippen molar-refractivity contribution in [2.45, 2.75) is 25.6 Å². The first-order chi connectivity index (χ1) is 7.58. The minimum atomic E-state index is -4.51. The molecule has 1 saturated heterocycles. The van der Waals surface area contributed by atoms with E-state index in [1.165, 1.54) is 19.3 Å². The van der Waals surface area contributed by atoms with Gasteiger partial charge in [-0.05, 0) is 25.9 Å². The monoisotopic (exact) mass is 240 g/mol. The van der Waals surface area contributed by atoms with Gasteiger partial charge in [-0.3, -0.25) is 4.74 Å². The summed E-state index contributed by atoms with van der Waals surface area (Å²) in [5, 5.41) is 2.94. The molecule has 96 valence electrons. The smallest absolute Gasteiger partial charge is 0.313 e. The highest BCUT2D eigenvalue weighted by molar-refractivity contribution is 4.65. The second-order valence-corrected chi connectivity index (χ2v) is 3.95. The number of nitrogens with one attached hydrogen (secondary N) is 1. The molecule has 0 amide bonds. The molecular formula is C10H19F3N2O. The molecule has 0 bridgehead atoms. The quantitative estimate of drug-likeness (QED) is 0.714. The van der Waals surface area contributed by atoms with E-state index in [0.717, 1.165) is 26.2 Å². The third kappa shape index (κ3) is 7.03. The Hall–Kier alpha value is -0.330. The summed E-state index contributed by atoms with van der Waals surface area (Å²) in [6.07, 6.45) is -0.744. The fraction of sp³-hybridized carbons (Fsp3) is 1.00. The minimum absolute atomic E-state index is 0.243. The maximum Gasteiger partial charge on any atom is 0.522 e. The van der Waals surface area contributed by atoms with Crippen molar-refractivity contribution in [3.8, 4) is 0 Å². The van der Waals surface area contributed by atoms with Gasteiger partial charge in [0, 0.05) is 19.6 Å². The van der Waals surface area contributed by atoms with E-state index in [0.29, 0.717) is 0 Å². The SMILES string of the molecule is FC(F)(F)OCCNCCN1CCCCC1. The number of nitrogens with zero attached hydrogens (tertiary/aromatic N) is 1. The highest BCUT2D eigenvalue weighted by atomic mass is 19.4. The van der Waals surface area contributed by atoms with Crippen LogP contribution in [0.3, 0.4) is 0 Å². The van der Waals surface area contributed by atoms with Crippen molar-refractivity contribution in [1.82, 2.24) is 10.2 Å². The van der Waals surface area contributed by atoms with Gasteiger partial charge in [-0.15, -0.1) is 13.2 Å². The second kappa shape index (κ2) is 7.09. The van der Waals surface area contributed by atoms with Crippen molar-refractivity contribution in [3.05, 3.63) is 0 Å². The van der Waals surface area contributed by atoms with Crippen LogP contribution in [0.15, 0.2) is 0 Å². The molecule has 0 atom stereocenters. The largest absolute Gasteiger partial charge is 0.522 e. The Morgan fingerprint density at radius 2 is 1.75 bits per heavy atom. The number of ether oxygens (including phenoxy) is 1. The Morgan fingerprint density at radius 3 is 2.38 bits per heavy atom. The molecule has 0 radical (unpaired) electrons. The topological polar surface area (TPSA) is 24.5 Å². The highest BCUT2D eigenvalue weighted by Crippen LogP contribution is 2.15. The Morgan fingerprint density at radius 1 is 1.06 bits per heavy atom. The number of hydrogen-bond acceptors (Lipinski definition) is 3. The van der Waals surface area contributed by atoms with Crippen LogP contribution < -0.4 is 5.32 Å². The van der Waals surface area contributed by atoms with Crippen molar-refractivity contribution < 1.29 is 17.9 Å². The number of likely N-dealkylation sites (tertiary alicyclic amines) is 1. The number of piperidine rings is 1. The van der Waals surface area contributed by atoms with Crippen molar-refractivity contribution in [1.29, 1.82) is 0 Å². The molecule has 0 saturated carbocycles. The van der Waals surface area contributed by atoms with Gasteiger partial charge in [-0.25, -0.2) is 0 Å². The summed E-state index contributed by atoms with van der Waals surface area (Å²) in [5.41, 5.74) is 0. The van der Waals surface area contributed by atoms with E-state index in [2.05, 4.69) is 15.0 Å². The Labute approximate surface area is 93.9 Å². The molecule has 1 aliphatic rings. The van der Waals surface area contributed by atoms with Crippen LogP contribution in [0.5, 0.6) is 0 Å². The molecule has 1 fully saturated rings. The predicted octanol–water partition coefficient (Wildman–Crippen LogP) is 1.60. The van der Waals surface area contributed by atoms with E-state index < -0.39 is 6.36 Å². The molecule has 3 nitrogen and oxygen atoms in total. The Kier molecular flexibility index (Phi) is 6.08. The molecule has 0 unspecified atom stereocenters. The molecule has 0 aromatic carbocycles. The molecule has 0 spiro atoms. The van der Waals surface area contributed by atoms with Crippen LogP contribution in [-0.2, 0) is 4.74 Å². The van der Waals surface area contributed by atoms with Gasteiger partial charge in [0.1, 0.15) is 0 Å². The third-order valence-electron chi connectivity index (χ3n) is 2.60. The lowest BCUT2D eigenvalue weighted by Gasteiger charge is -2.26. The molecule has 0 aliphatic carbocycles. The summed E-state index contributed by atoms with van der Waals surface area (Å²) in [6, 6.07) is 0. The molecule has 0 aromatic rings. The average molecular weight is 240 g/mol. The van der Waals surface area contributed by atoms with Gasteiger partial charge < -0.3 is 10.2 Å². The molecule has 1 rings (SSSR count). The normalized spacial score (nSPS) is 18.9. The average Bonchev–Trinajstić information content (AvgIpc) is 2.23. The van der Waals surface area contributed by atoms with E-state index >= 15 is 0 Å². The first-order valence-corrected chi connectivity index (χ1v) is 5.72. The fourth-order valence-corrected chi connectivity index (χ4v) is 1.78.